The maximum atomic E-state index is 14.9. The molecule has 1 unspecified atom stereocenters. The second-order valence-electron chi connectivity index (χ2n) is 9.06. The van der Waals surface area contributed by atoms with Gasteiger partial charge in [0.25, 0.3) is 0 Å². The third-order valence-electron chi connectivity index (χ3n) is 7.15. The summed E-state index contributed by atoms with van der Waals surface area (Å²) in [6, 6.07) is 12.1. The molecule has 6 heteroatoms. The zero-order chi connectivity index (χ0) is 21.8. The van der Waals surface area contributed by atoms with Crippen molar-refractivity contribution in [3.8, 4) is 22.4 Å². The molecule has 5 nitrogen and oxygen atoms in total. The molecule has 0 radical (unpaired) electrons. The van der Waals surface area contributed by atoms with Crippen LogP contribution in [-0.2, 0) is 7.05 Å². The van der Waals surface area contributed by atoms with Crippen LogP contribution < -0.4 is 4.90 Å². The minimum absolute atomic E-state index is 0.0416. The van der Waals surface area contributed by atoms with E-state index in [1.165, 1.54) is 16.8 Å². The second kappa shape index (κ2) is 7.33. The molecule has 4 heterocycles. The SMILES string of the molecule is Cc1cc(-c2cnn(C)c2)ccc1N1CCC(C2c3c(F)cccc3-c3cncn32)CC1. The Balaban J connectivity index is 1.23. The molecule has 0 saturated carbocycles. The molecule has 0 aliphatic carbocycles. The van der Waals surface area contributed by atoms with Gasteiger partial charge in [0.2, 0.25) is 0 Å². The smallest absolute Gasteiger partial charge is 0.129 e. The molecule has 2 aliphatic rings. The molecule has 6 rings (SSSR count). The van der Waals surface area contributed by atoms with E-state index in [2.05, 4.69) is 44.7 Å². The van der Waals surface area contributed by atoms with E-state index in [-0.39, 0.29) is 11.9 Å². The number of piperidine rings is 1. The summed E-state index contributed by atoms with van der Waals surface area (Å²) in [4.78, 5) is 6.83. The highest BCUT2D eigenvalue weighted by atomic mass is 19.1. The van der Waals surface area contributed by atoms with Crippen molar-refractivity contribution in [2.24, 2.45) is 13.0 Å². The van der Waals surface area contributed by atoms with Gasteiger partial charge in [-0.15, -0.1) is 0 Å². The number of imidazole rings is 1. The van der Waals surface area contributed by atoms with E-state index in [0.717, 1.165) is 48.3 Å². The second-order valence-corrected chi connectivity index (χ2v) is 9.06. The van der Waals surface area contributed by atoms with Crippen molar-refractivity contribution in [2.45, 2.75) is 25.8 Å². The number of halogens is 1. The first-order valence-corrected chi connectivity index (χ1v) is 11.3. The van der Waals surface area contributed by atoms with E-state index < -0.39 is 0 Å². The van der Waals surface area contributed by atoms with Gasteiger partial charge in [0.05, 0.1) is 30.5 Å². The summed E-state index contributed by atoms with van der Waals surface area (Å²) in [5.41, 5.74) is 7.78. The van der Waals surface area contributed by atoms with Crippen LogP contribution in [0.5, 0.6) is 0 Å². The van der Waals surface area contributed by atoms with Gasteiger partial charge in [-0.2, -0.15) is 5.10 Å². The van der Waals surface area contributed by atoms with E-state index in [4.69, 9.17) is 0 Å². The first kappa shape index (κ1) is 19.3. The number of aryl methyl sites for hydroxylation is 2. The van der Waals surface area contributed by atoms with Crippen molar-refractivity contribution < 1.29 is 4.39 Å². The number of fused-ring (bicyclic) bond motifs is 3. The Morgan fingerprint density at radius 3 is 2.62 bits per heavy atom. The van der Waals surface area contributed by atoms with Gasteiger partial charge in [-0.05, 0) is 55.0 Å². The number of hydrogen-bond donors (Lipinski definition) is 0. The number of hydrogen-bond acceptors (Lipinski definition) is 3. The largest absolute Gasteiger partial charge is 0.371 e. The van der Waals surface area contributed by atoms with Gasteiger partial charge in [0.1, 0.15) is 5.82 Å². The van der Waals surface area contributed by atoms with Gasteiger partial charge in [-0.3, -0.25) is 4.68 Å². The number of aromatic nitrogens is 4. The van der Waals surface area contributed by atoms with E-state index in [1.807, 2.05) is 42.7 Å². The Hall–Kier alpha value is -3.41. The van der Waals surface area contributed by atoms with Crippen LogP contribution in [0.3, 0.4) is 0 Å². The molecular weight excluding hydrogens is 401 g/mol. The highest BCUT2D eigenvalue weighted by Crippen LogP contribution is 2.47. The predicted molar refractivity (Wildman–Crippen MR) is 124 cm³/mol. The van der Waals surface area contributed by atoms with Crippen molar-refractivity contribution >= 4 is 5.69 Å². The number of benzene rings is 2. The summed E-state index contributed by atoms with van der Waals surface area (Å²) in [5, 5.41) is 4.29. The first-order valence-electron chi connectivity index (χ1n) is 11.3. The van der Waals surface area contributed by atoms with Crippen molar-refractivity contribution in [3.63, 3.8) is 0 Å². The molecule has 0 N–H and O–H groups in total. The van der Waals surface area contributed by atoms with E-state index in [1.54, 1.807) is 12.1 Å². The molecular formula is C26H26FN5. The first-order chi connectivity index (χ1) is 15.6. The Bertz CT molecular complexity index is 1300. The molecule has 162 valence electrons. The zero-order valence-electron chi connectivity index (χ0n) is 18.4. The van der Waals surface area contributed by atoms with E-state index >= 15 is 0 Å². The van der Waals surface area contributed by atoms with Crippen molar-refractivity contribution in [1.29, 1.82) is 0 Å². The lowest BCUT2D eigenvalue weighted by Gasteiger charge is -2.37. The molecule has 4 aromatic rings. The minimum atomic E-state index is -0.0968. The average molecular weight is 428 g/mol. The molecule has 0 bridgehead atoms. The lowest BCUT2D eigenvalue weighted by molar-refractivity contribution is 0.312. The minimum Gasteiger partial charge on any atom is -0.371 e. The normalized spacial score (nSPS) is 18.1. The highest BCUT2D eigenvalue weighted by molar-refractivity contribution is 5.70. The Kier molecular flexibility index (Phi) is 4.42. The van der Waals surface area contributed by atoms with Gasteiger partial charge >= 0.3 is 0 Å². The average Bonchev–Trinajstić information content (AvgIpc) is 3.51. The Morgan fingerprint density at radius 2 is 1.88 bits per heavy atom. The molecule has 32 heavy (non-hydrogen) atoms. The quantitative estimate of drug-likeness (QED) is 0.450. The van der Waals surface area contributed by atoms with E-state index in [9.17, 15) is 4.39 Å². The maximum Gasteiger partial charge on any atom is 0.129 e. The van der Waals surface area contributed by atoms with Crippen molar-refractivity contribution in [3.05, 3.63) is 78.3 Å². The third-order valence-corrected chi connectivity index (χ3v) is 7.15. The van der Waals surface area contributed by atoms with E-state index in [0.29, 0.717) is 5.92 Å². The lowest BCUT2D eigenvalue weighted by atomic mass is 9.84. The third kappa shape index (κ3) is 2.97. The highest BCUT2D eigenvalue weighted by Gasteiger charge is 2.38. The fourth-order valence-electron chi connectivity index (χ4n) is 5.61. The lowest BCUT2D eigenvalue weighted by Crippen LogP contribution is -2.37. The van der Waals surface area contributed by atoms with Gasteiger partial charge in [-0.25, -0.2) is 9.37 Å². The fourth-order valence-corrected chi connectivity index (χ4v) is 5.61. The van der Waals surface area contributed by atoms with Crippen molar-refractivity contribution in [1.82, 2.24) is 19.3 Å². The van der Waals surface area contributed by atoms with Crippen LogP contribution in [-0.4, -0.2) is 32.4 Å². The molecule has 0 spiro atoms. The summed E-state index contributed by atoms with van der Waals surface area (Å²) in [6.07, 6.45) is 9.74. The Morgan fingerprint density at radius 1 is 1.03 bits per heavy atom. The zero-order valence-corrected chi connectivity index (χ0v) is 18.4. The molecule has 1 saturated heterocycles. The standard InChI is InChI=1S/C26H26FN5/c1-17-12-19(20-13-29-30(2)15-20)6-7-23(17)31-10-8-18(9-11-31)26-25-21(4-3-5-22(25)27)24-14-28-16-32(24)26/h3-7,12-16,18,26H,8-11H2,1-2H3. The molecule has 2 aromatic heterocycles. The van der Waals surface area contributed by atoms with Crippen molar-refractivity contribution in [2.75, 3.05) is 18.0 Å². The van der Waals surface area contributed by atoms with Crippen LogP contribution in [0.15, 0.2) is 61.3 Å². The van der Waals surface area contributed by atoms with Gasteiger partial charge in [0, 0.05) is 48.7 Å². The molecule has 2 aromatic carbocycles. The maximum absolute atomic E-state index is 14.9. The van der Waals surface area contributed by atoms with Gasteiger partial charge in [-0.1, -0.05) is 18.2 Å². The summed E-state index contributed by atoms with van der Waals surface area (Å²) in [6.45, 7) is 4.13. The van der Waals surface area contributed by atoms with Crippen LogP contribution >= 0.6 is 0 Å². The number of rotatable bonds is 3. The van der Waals surface area contributed by atoms with Crippen LogP contribution in [0.2, 0.25) is 0 Å². The monoisotopic (exact) mass is 427 g/mol. The van der Waals surface area contributed by atoms with Gasteiger partial charge in [0.15, 0.2) is 0 Å². The summed E-state index contributed by atoms with van der Waals surface area (Å²) < 4.78 is 18.9. The van der Waals surface area contributed by atoms with Crippen LogP contribution in [0.25, 0.3) is 22.4 Å². The summed E-state index contributed by atoms with van der Waals surface area (Å²) >= 11 is 0. The van der Waals surface area contributed by atoms with Crippen LogP contribution in [0.1, 0.15) is 30.0 Å². The number of anilines is 1. The summed E-state index contributed by atoms with van der Waals surface area (Å²) in [7, 11) is 1.94. The predicted octanol–water partition coefficient (Wildman–Crippen LogP) is 5.22. The number of nitrogens with zero attached hydrogens (tertiary/aromatic N) is 5. The fraction of sp³-hybridized carbons (Fsp3) is 0.308. The van der Waals surface area contributed by atoms with Crippen LogP contribution in [0.4, 0.5) is 10.1 Å². The molecule has 1 fully saturated rings. The molecule has 1 atom stereocenters. The van der Waals surface area contributed by atoms with Gasteiger partial charge < -0.3 is 9.47 Å². The molecule has 2 aliphatic heterocycles. The summed E-state index contributed by atoms with van der Waals surface area (Å²) in [5.74, 6) is 0.299. The topological polar surface area (TPSA) is 38.9 Å². The molecule has 0 amide bonds. The Labute approximate surface area is 187 Å². The van der Waals surface area contributed by atoms with Crippen LogP contribution in [0, 0.1) is 18.7 Å².